The molecule has 2 rings (SSSR count). The Bertz CT molecular complexity index is 487. The van der Waals surface area contributed by atoms with Crippen LogP contribution in [0.3, 0.4) is 0 Å². The smallest absolute Gasteiger partial charge is 0.400 e. The van der Waals surface area contributed by atoms with E-state index in [-0.39, 0.29) is 18.3 Å². The van der Waals surface area contributed by atoms with Crippen molar-refractivity contribution in [3.63, 3.8) is 0 Å². The maximum absolute atomic E-state index is 6.21. The van der Waals surface area contributed by atoms with Crippen LogP contribution in [-0.2, 0) is 9.31 Å². The van der Waals surface area contributed by atoms with Crippen LogP contribution in [0.4, 0.5) is 0 Å². The Balaban J connectivity index is 2.28. The minimum absolute atomic E-state index is 0.252. The molecule has 1 saturated heterocycles. The van der Waals surface area contributed by atoms with Gasteiger partial charge in [-0.1, -0.05) is 50.3 Å². The molecule has 0 aromatic heterocycles. The van der Waals surface area contributed by atoms with E-state index in [0.29, 0.717) is 5.92 Å². The van der Waals surface area contributed by atoms with E-state index in [4.69, 9.17) is 9.31 Å². The average molecular weight is 286 g/mol. The van der Waals surface area contributed by atoms with E-state index in [0.717, 1.165) is 6.42 Å². The monoisotopic (exact) mass is 286 g/mol. The van der Waals surface area contributed by atoms with Crippen molar-refractivity contribution in [1.29, 1.82) is 0 Å². The second-order valence-electron chi connectivity index (χ2n) is 7.32. The van der Waals surface area contributed by atoms with Crippen LogP contribution in [0, 0.1) is 5.92 Å². The standard InChI is InChI=1S/C18H27BO2/c1-14(2)12-16(13-15-10-8-7-9-11-15)19-20-17(3,4)18(5,6)21-19/h7-11,13-14H,12H2,1-6H3/b16-13+. The Hall–Kier alpha value is -1.06. The molecule has 114 valence electrons. The first-order chi connectivity index (χ1) is 9.71. The predicted octanol–water partition coefficient (Wildman–Crippen LogP) is 4.75. The van der Waals surface area contributed by atoms with E-state index < -0.39 is 0 Å². The van der Waals surface area contributed by atoms with Crippen LogP contribution in [0.2, 0.25) is 0 Å². The SMILES string of the molecule is CC(C)C/C(=C\c1ccccc1)B1OC(C)(C)C(C)(C)O1. The molecule has 0 amide bonds. The molecule has 1 heterocycles. The minimum Gasteiger partial charge on any atom is -0.400 e. The summed E-state index contributed by atoms with van der Waals surface area (Å²) in [4.78, 5) is 0. The van der Waals surface area contributed by atoms with Gasteiger partial charge in [0.05, 0.1) is 11.2 Å². The van der Waals surface area contributed by atoms with Crippen LogP contribution in [0.25, 0.3) is 6.08 Å². The van der Waals surface area contributed by atoms with E-state index in [1.54, 1.807) is 0 Å². The molecule has 1 aliphatic heterocycles. The van der Waals surface area contributed by atoms with E-state index in [1.807, 2.05) is 6.07 Å². The van der Waals surface area contributed by atoms with Gasteiger partial charge in [0.15, 0.2) is 0 Å². The maximum atomic E-state index is 6.21. The summed E-state index contributed by atoms with van der Waals surface area (Å²) in [5.74, 6) is 0.569. The lowest BCUT2D eigenvalue weighted by Crippen LogP contribution is -2.41. The molecular weight excluding hydrogens is 259 g/mol. The first-order valence-corrected chi connectivity index (χ1v) is 7.82. The Morgan fingerprint density at radius 1 is 1.05 bits per heavy atom. The van der Waals surface area contributed by atoms with Gasteiger partial charge in [0.2, 0.25) is 0 Å². The molecule has 0 N–H and O–H groups in total. The molecule has 2 nitrogen and oxygen atoms in total. The molecular formula is C18H27BO2. The van der Waals surface area contributed by atoms with E-state index in [2.05, 4.69) is 71.9 Å². The lowest BCUT2D eigenvalue weighted by atomic mass is 9.73. The molecule has 1 aromatic carbocycles. The molecule has 0 atom stereocenters. The third kappa shape index (κ3) is 3.78. The van der Waals surface area contributed by atoms with Gasteiger partial charge in [-0.3, -0.25) is 0 Å². The fourth-order valence-corrected chi connectivity index (χ4v) is 2.45. The highest BCUT2D eigenvalue weighted by Gasteiger charge is 2.52. The van der Waals surface area contributed by atoms with Crippen molar-refractivity contribution in [2.45, 2.75) is 59.2 Å². The van der Waals surface area contributed by atoms with Crippen molar-refractivity contribution in [3.8, 4) is 0 Å². The first kappa shape index (κ1) is 16.3. The number of hydrogen-bond donors (Lipinski definition) is 0. The molecule has 1 fully saturated rings. The zero-order valence-electron chi connectivity index (χ0n) is 14.1. The van der Waals surface area contributed by atoms with Gasteiger partial charge in [-0.05, 0) is 51.1 Å². The Labute approximate surface area is 129 Å². The summed E-state index contributed by atoms with van der Waals surface area (Å²) in [6.45, 7) is 12.9. The lowest BCUT2D eigenvalue weighted by Gasteiger charge is -2.32. The van der Waals surface area contributed by atoms with Crippen molar-refractivity contribution >= 4 is 13.2 Å². The fourth-order valence-electron chi connectivity index (χ4n) is 2.45. The van der Waals surface area contributed by atoms with Crippen LogP contribution in [0.1, 0.15) is 53.5 Å². The molecule has 0 aliphatic carbocycles. The van der Waals surface area contributed by atoms with Crippen molar-refractivity contribution in [1.82, 2.24) is 0 Å². The van der Waals surface area contributed by atoms with Crippen LogP contribution >= 0.6 is 0 Å². The highest BCUT2D eigenvalue weighted by Crippen LogP contribution is 2.39. The summed E-state index contributed by atoms with van der Waals surface area (Å²) in [6.07, 6.45) is 3.19. The van der Waals surface area contributed by atoms with Crippen LogP contribution in [0.5, 0.6) is 0 Å². The summed E-state index contributed by atoms with van der Waals surface area (Å²) in [7, 11) is -0.252. The molecule has 0 saturated carbocycles. The molecule has 21 heavy (non-hydrogen) atoms. The molecule has 0 unspecified atom stereocenters. The predicted molar refractivity (Wildman–Crippen MR) is 90.0 cm³/mol. The molecule has 1 aliphatic rings. The number of hydrogen-bond acceptors (Lipinski definition) is 2. The van der Waals surface area contributed by atoms with Gasteiger partial charge in [0.1, 0.15) is 0 Å². The number of benzene rings is 1. The van der Waals surface area contributed by atoms with E-state index in [1.165, 1.54) is 11.0 Å². The Morgan fingerprint density at radius 3 is 2.05 bits per heavy atom. The summed E-state index contributed by atoms with van der Waals surface area (Å²) >= 11 is 0. The van der Waals surface area contributed by atoms with Crippen molar-refractivity contribution in [3.05, 3.63) is 41.4 Å². The summed E-state index contributed by atoms with van der Waals surface area (Å²) in [5, 5.41) is 0. The van der Waals surface area contributed by atoms with Crippen molar-refractivity contribution < 1.29 is 9.31 Å². The summed E-state index contributed by atoms with van der Waals surface area (Å²) in [6, 6.07) is 10.4. The fraction of sp³-hybridized carbons (Fsp3) is 0.556. The third-order valence-corrected chi connectivity index (χ3v) is 4.35. The van der Waals surface area contributed by atoms with Crippen LogP contribution in [0.15, 0.2) is 35.8 Å². The largest absolute Gasteiger partial charge is 0.490 e. The van der Waals surface area contributed by atoms with Gasteiger partial charge in [0.25, 0.3) is 0 Å². The summed E-state index contributed by atoms with van der Waals surface area (Å²) in [5.41, 5.74) is 1.84. The molecule has 0 radical (unpaired) electrons. The highest BCUT2D eigenvalue weighted by molar-refractivity contribution is 6.55. The van der Waals surface area contributed by atoms with Gasteiger partial charge < -0.3 is 9.31 Å². The third-order valence-electron chi connectivity index (χ3n) is 4.35. The lowest BCUT2D eigenvalue weighted by molar-refractivity contribution is 0.00578. The topological polar surface area (TPSA) is 18.5 Å². The van der Waals surface area contributed by atoms with E-state index >= 15 is 0 Å². The molecule has 0 bridgehead atoms. The Kier molecular flexibility index (Phi) is 4.65. The molecule has 3 heteroatoms. The Morgan fingerprint density at radius 2 is 1.57 bits per heavy atom. The second kappa shape index (κ2) is 5.98. The van der Waals surface area contributed by atoms with Crippen molar-refractivity contribution in [2.24, 2.45) is 5.92 Å². The average Bonchev–Trinajstić information content (AvgIpc) is 2.58. The minimum atomic E-state index is -0.287. The van der Waals surface area contributed by atoms with Crippen LogP contribution in [-0.4, -0.2) is 18.3 Å². The van der Waals surface area contributed by atoms with Gasteiger partial charge in [-0.15, -0.1) is 0 Å². The normalized spacial score (nSPS) is 21.1. The van der Waals surface area contributed by atoms with Gasteiger partial charge >= 0.3 is 7.12 Å². The molecule has 0 spiro atoms. The number of allylic oxidation sites excluding steroid dienone is 1. The van der Waals surface area contributed by atoms with Gasteiger partial charge in [0, 0.05) is 0 Å². The van der Waals surface area contributed by atoms with Gasteiger partial charge in [-0.25, -0.2) is 0 Å². The number of rotatable bonds is 4. The summed E-state index contributed by atoms with van der Waals surface area (Å²) < 4.78 is 12.4. The highest BCUT2D eigenvalue weighted by atomic mass is 16.7. The maximum Gasteiger partial charge on any atom is 0.490 e. The zero-order chi connectivity index (χ0) is 15.7. The quantitative estimate of drug-likeness (QED) is 0.744. The van der Waals surface area contributed by atoms with Crippen LogP contribution < -0.4 is 0 Å². The van der Waals surface area contributed by atoms with E-state index in [9.17, 15) is 0 Å². The van der Waals surface area contributed by atoms with Crippen molar-refractivity contribution in [2.75, 3.05) is 0 Å². The first-order valence-electron chi connectivity index (χ1n) is 7.82. The zero-order valence-corrected chi connectivity index (χ0v) is 14.1. The van der Waals surface area contributed by atoms with Gasteiger partial charge in [-0.2, -0.15) is 0 Å². The molecule has 1 aromatic rings. The second-order valence-corrected chi connectivity index (χ2v) is 7.32.